The molecule has 1 aromatic carbocycles. The quantitative estimate of drug-likeness (QED) is 0.666. The number of anilines is 3. The van der Waals surface area contributed by atoms with Gasteiger partial charge < -0.3 is 16.0 Å². The van der Waals surface area contributed by atoms with Gasteiger partial charge in [0, 0.05) is 30.5 Å². The zero-order valence-corrected chi connectivity index (χ0v) is 15.4. The number of rotatable bonds is 6. The maximum Gasteiger partial charge on any atom is 0.417 e. The summed E-state index contributed by atoms with van der Waals surface area (Å²) >= 11 is 0. The summed E-state index contributed by atoms with van der Waals surface area (Å²) in [6.07, 6.45) is -3.26. The third-order valence-electron chi connectivity index (χ3n) is 3.13. The fourth-order valence-corrected chi connectivity index (χ4v) is 1.88. The first-order chi connectivity index (χ1) is 11.4. The zero-order valence-electron chi connectivity index (χ0n) is 13.8. The summed E-state index contributed by atoms with van der Waals surface area (Å²) in [6.45, 7) is 0.588. The summed E-state index contributed by atoms with van der Waals surface area (Å²) in [5.41, 5.74) is 0.491. The molecule has 0 fully saturated rings. The molecule has 2 rings (SSSR count). The SMILES string of the molecule is CNCCC(=O)Nc1ccc(Nc2ccc(C(F)(F)F)cn2)cc1.Cl.Cl. The number of nitrogens with zero attached hydrogens (tertiary/aromatic N) is 1. The smallest absolute Gasteiger partial charge is 0.340 e. The van der Waals surface area contributed by atoms with Crippen molar-refractivity contribution in [3.05, 3.63) is 48.2 Å². The van der Waals surface area contributed by atoms with Crippen LogP contribution >= 0.6 is 24.8 Å². The summed E-state index contributed by atoms with van der Waals surface area (Å²) in [4.78, 5) is 15.3. The molecule has 0 aliphatic rings. The normalized spacial score (nSPS) is 10.3. The van der Waals surface area contributed by atoms with Crippen molar-refractivity contribution in [2.75, 3.05) is 24.2 Å². The molecule has 5 nitrogen and oxygen atoms in total. The second-order valence-electron chi connectivity index (χ2n) is 5.03. The average Bonchev–Trinajstić information content (AvgIpc) is 2.54. The van der Waals surface area contributed by atoms with E-state index in [0.717, 1.165) is 12.3 Å². The van der Waals surface area contributed by atoms with Gasteiger partial charge in [-0.2, -0.15) is 13.2 Å². The second kappa shape index (κ2) is 10.8. The molecule has 2 aromatic rings. The first-order valence-electron chi connectivity index (χ1n) is 7.23. The third-order valence-corrected chi connectivity index (χ3v) is 3.13. The Morgan fingerprint density at radius 1 is 1.04 bits per heavy atom. The summed E-state index contributed by atoms with van der Waals surface area (Å²) in [7, 11) is 1.77. The fraction of sp³-hybridized carbons (Fsp3) is 0.250. The van der Waals surface area contributed by atoms with Gasteiger partial charge in [0.1, 0.15) is 5.82 Å². The molecule has 0 unspecified atom stereocenters. The highest BCUT2D eigenvalue weighted by atomic mass is 35.5. The zero-order chi connectivity index (χ0) is 17.6. The van der Waals surface area contributed by atoms with Gasteiger partial charge in [-0.3, -0.25) is 4.79 Å². The van der Waals surface area contributed by atoms with Crippen molar-refractivity contribution in [3.8, 4) is 0 Å². The number of hydrogen-bond donors (Lipinski definition) is 3. The van der Waals surface area contributed by atoms with Crippen LogP contribution in [0.15, 0.2) is 42.6 Å². The minimum Gasteiger partial charge on any atom is -0.340 e. The van der Waals surface area contributed by atoms with Crippen molar-refractivity contribution in [1.29, 1.82) is 0 Å². The number of nitrogens with one attached hydrogen (secondary N) is 3. The Bertz CT molecular complexity index is 679. The molecule has 0 aliphatic carbocycles. The Morgan fingerprint density at radius 2 is 1.65 bits per heavy atom. The lowest BCUT2D eigenvalue weighted by molar-refractivity contribution is -0.137. The lowest BCUT2D eigenvalue weighted by atomic mass is 10.2. The maximum absolute atomic E-state index is 12.5. The molecule has 144 valence electrons. The van der Waals surface area contributed by atoms with Crippen LogP contribution < -0.4 is 16.0 Å². The maximum atomic E-state index is 12.5. The van der Waals surface area contributed by atoms with Crippen LogP contribution in [-0.4, -0.2) is 24.5 Å². The van der Waals surface area contributed by atoms with E-state index in [1.807, 2.05) is 0 Å². The molecule has 0 aliphatic heterocycles. The van der Waals surface area contributed by atoms with E-state index in [0.29, 0.717) is 30.2 Å². The second-order valence-corrected chi connectivity index (χ2v) is 5.03. The van der Waals surface area contributed by atoms with E-state index < -0.39 is 11.7 Å². The summed E-state index contributed by atoms with van der Waals surface area (Å²) in [5.74, 6) is 0.197. The fourth-order valence-electron chi connectivity index (χ4n) is 1.88. The van der Waals surface area contributed by atoms with Gasteiger partial charge in [0.05, 0.1) is 5.56 Å². The molecule has 10 heteroatoms. The van der Waals surface area contributed by atoms with Crippen LogP contribution in [0.4, 0.5) is 30.4 Å². The van der Waals surface area contributed by atoms with Gasteiger partial charge in [0.15, 0.2) is 0 Å². The number of amides is 1. The van der Waals surface area contributed by atoms with Crippen LogP contribution in [0, 0.1) is 0 Å². The number of alkyl halides is 3. The van der Waals surface area contributed by atoms with Gasteiger partial charge in [0.2, 0.25) is 5.91 Å². The predicted molar refractivity (Wildman–Crippen MR) is 101 cm³/mol. The molecule has 1 amide bonds. The number of aromatic nitrogens is 1. The molecule has 0 bridgehead atoms. The number of hydrogen-bond acceptors (Lipinski definition) is 4. The van der Waals surface area contributed by atoms with E-state index in [1.165, 1.54) is 6.07 Å². The Kier molecular flexibility index (Phi) is 10.0. The summed E-state index contributed by atoms with van der Waals surface area (Å²) in [6, 6.07) is 9.02. The minimum absolute atomic E-state index is 0. The molecule has 26 heavy (non-hydrogen) atoms. The van der Waals surface area contributed by atoms with Crippen molar-refractivity contribution >= 4 is 47.9 Å². The van der Waals surface area contributed by atoms with E-state index in [2.05, 4.69) is 20.9 Å². The number of carbonyl (C=O) groups is 1. The van der Waals surface area contributed by atoms with Gasteiger partial charge in [-0.25, -0.2) is 4.98 Å². The summed E-state index contributed by atoms with van der Waals surface area (Å²) < 4.78 is 37.4. The Labute approximate surface area is 161 Å². The van der Waals surface area contributed by atoms with Crippen LogP contribution in [0.1, 0.15) is 12.0 Å². The monoisotopic (exact) mass is 410 g/mol. The molecule has 0 spiro atoms. The van der Waals surface area contributed by atoms with Gasteiger partial charge in [-0.15, -0.1) is 24.8 Å². The lowest BCUT2D eigenvalue weighted by Crippen LogP contribution is -2.18. The molecule has 1 heterocycles. The molecule has 0 saturated carbocycles. The van der Waals surface area contributed by atoms with Gasteiger partial charge in [0.25, 0.3) is 0 Å². The molecule has 3 N–H and O–H groups in total. The van der Waals surface area contributed by atoms with Crippen molar-refractivity contribution < 1.29 is 18.0 Å². The first-order valence-corrected chi connectivity index (χ1v) is 7.23. The molecule has 1 aromatic heterocycles. The standard InChI is InChI=1S/C16H17F3N4O.2ClH/c1-20-9-8-15(24)23-13-5-3-12(4-6-13)22-14-7-2-11(10-21-14)16(17,18)19;;/h2-7,10,20H,8-9H2,1H3,(H,21,22)(H,23,24);2*1H. The van der Waals surface area contributed by atoms with E-state index in [-0.39, 0.29) is 30.7 Å². The van der Waals surface area contributed by atoms with Crippen molar-refractivity contribution in [3.63, 3.8) is 0 Å². The van der Waals surface area contributed by atoms with Crippen molar-refractivity contribution in [2.24, 2.45) is 0 Å². The predicted octanol–water partition coefficient (Wildman–Crippen LogP) is 4.24. The van der Waals surface area contributed by atoms with Gasteiger partial charge in [-0.05, 0) is 43.4 Å². The van der Waals surface area contributed by atoms with Crippen LogP contribution in [-0.2, 0) is 11.0 Å². The average molecular weight is 411 g/mol. The molecular weight excluding hydrogens is 392 g/mol. The lowest BCUT2D eigenvalue weighted by Gasteiger charge is -2.10. The minimum atomic E-state index is -4.40. The number of pyridine rings is 1. The summed E-state index contributed by atoms with van der Waals surface area (Å²) in [5, 5.41) is 8.53. The van der Waals surface area contributed by atoms with E-state index in [4.69, 9.17) is 0 Å². The van der Waals surface area contributed by atoms with Crippen LogP contribution in [0.3, 0.4) is 0 Å². The highest BCUT2D eigenvalue weighted by Crippen LogP contribution is 2.29. The largest absolute Gasteiger partial charge is 0.417 e. The van der Waals surface area contributed by atoms with E-state index >= 15 is 0 Å². The number of carbonyl (C=O) groups excluding carboxylic acids is 1. The highest BCUT2D eigenvalue weighted by molar-refractivity contribution is 5.91. The molecular formula is C16H19Cl2F3N4O. The molecule has 0 atom stereocenters. The first kappa shape index (κ1) is 24.0. The van der Waals surface area contributed by atoms with Gasteiger partial charge in [-0.1, -0.05) is 0 Å². The van der Waals surface area contributed by atoms with Crippen LogP contribution in [0.25, 0.3) is 0 Å². The topological polar surface area (TPSA) is 66.1 Å². The molecule has 0 radical (unpaired) electrons. The van der Waals surface area contributed by atoms with Crippen LogP contribution in [0.5, 0.6) is 0 Å². The Hall–Kier alpha value is -2.03. The number of halogens is 5. The molecule has 0 saturated heterocycles. The van der Waals surface area contributed by atoms with E-state index in [1.54, 1.807) is 31.3 Å². The highest BCUT2D eigenvalue weighted by Gasteiger charge is 2.30. The van der Waals surface area contributed by atoms with Crippen LogP contribution in [0.2, 0.25) is 0 Å². The van der Waals surface area contributed by atoms with Crippen molar-refractivity contribution in [2.45, 2.75) is 12.6 Å². The van der Waals surface area contributed by atoms with Crippen molar-refractivity contribution in [1.82, 2.24) is 10.3 Å². The van der Waals surface area contributed by atoms with E-state index in [9.17, 15) is 18.0 Å². The third kappa shape index (κ3) is 7.47. The van der Waals surface area contributed by atoms with Gasteiger partial charge >= 0.3 is 6.18 Å². The number of benzene rings is 1. The Balaban J connectivity index is 0.00000312. The Morgan fingerprint density at radius 3 is 2.15 bits per heavy atom.